The fourth-order valence-corrected chi connectivity index (χ4v) is 4.53. The Labute approximate surface area is 136 Å². The van der Waals surface area contributed by atoms with Crippen LogP contribution in [0.2, 0.25) is 0 Å². The maximum atomic E-state index is 12.9. The quantitative estimate of drug-likeness (QED) is 0.871. The molecule has 0 radical (unpaired) electrons. The minimum atomic E-state index is -0.223. The number of piperidine rings is 1. The predicted molar refractivity (Wildman–Crippen MR) is 88.8 cm³/mol. The number of aromatic amines is 1. The molecule has 0 spiro atoms. The molecule has 0 aromatic carbocycles. The largest absolute Gasteiger partial charge is 0.338 e. The second kappa shape index (κ2) is 5.78. The van der Waals surface area contributed by atoms with E-state index in [4.69, 9.17) is 0 Å². The molecule has 1 aliphatic carbocycles. The lowest BCUT2D eigenvalue weighted by molar-refractivity contribution is 0.0679. The minimum absolute atomic E-state index is 0.120. The molecular formula is C18H25N3O2. The van der Waals surface area contributed by atoms with Crippen LogP contribution in [0.15, 0.2) is 10.9 Å². The predicted octanol–water partition coefficient (Wildman–Crippen LogP) is 1.61. The van der Waals surface area contributed by atoms with Gasteiger partial charge in [0.15, 0.2) is 0 Å². The van der Waals surface area contributed by atoms with E-state index in [9.17, 15) is 9.59 Å². The number of pyridine rings is 1. The van der Waals surface area contributed by atoms with Gasteiger partial charge in [0.25, 0.3) is 11.5 Å². The number of nitrogens with one attached hydrogen (secondary N) is 2. The van der Waals surface area contributed by atoms with Crippen LogP contribution in [-0.2, 0) is 12.8 Å². The summed E-state index contributed by atoms with van der Waals surface area (Å²) < 4.78 is 0. The lowest BCUT2D eigenvalue weighted by Crippen LogP contribution is -2.49. The Morgan fingerprint density at radius 2 is 1.87 bits per heavy atom. The zero-order valence-electron chi connectivity index (χ0n) is 13.7. The Morgan fingerprint density at radius 1 is 1.17 bits per heavy atom. The number of fused-ring (bicyclic) bond motifs is 3. The average molecular weight is 315 g/mol. The van der Waals surface area contributed by atoms with Crippen molar-refractivity contribution in [3.63, 3.8) is 0 Å². The third kappa shape index (κ3) is 2.71. The number of nitrogens with zero attached hydrogens (tertiary/aromatic N) is 1. The first kappa shape index (κ1) is 14.9. The maximum absolute atomic E-state index is 12.9. The first-order valence-corrected chi connectivity index (χ1v) is 8.90. The number of carbonyl (C=O) groups is 1. The van der Waals surface area contributed by atoms with Crippen LogP contribution >= 0.6 is 0 Å². The van der Waals surface area contributed by atoms with Crippen molar-refractivity contribution >= 4 is 5.91 Å². The molecule has 5 nitrogen and oxygen atoms in total. The number of amides is 1. The summed E-state index contributed by atoms with van der Waals surface area (Å²) >= 11 is 0. The van der Waals surface area contributed by atoms with Gasteiger partial charge in [0.1, 0.15) is 5.56 Å². The first-order valence-electron chi connectivity index (χ1n) is 8.90. The van der Waals surface area contributed by atoms with Gasteiger partial charge in [-0.15, -0.1) is 0 Å². The molecule has 3 aliphatic rings. The topological polar surface area (TPSA) is 65.2 Å². The summed E-state index contributed by atoms with van der Waals surface area (Å²) in [7, 11) is 1.86. The molecule has 23 heavy (non-hydrogen) atoms. The molecule has 5 heteroatoms. The van der Waals surface area contributed by atoms with Gasteiger partial charge in [0.05, 0.1) is 0 Å². The monoisotopic (exact) mass is 315 g/mol. The lowest BCUT2D eigenvalue weighted by Gasteiger charge is -2.35. The third-order valence-electron chi connectivity index (χ3n) is 5.88. The van der Waals surface area contributed by atoms with E-state index in [-0.39, 0.29) is 17.5 Å². The molecule has 2 bridgehead atoms. The molecule has 3 heterocycles. The molecule has 2 fully saturated rings. The molecule has 2 saturated heterocycles. The normalized spacial score (nSPS) is 29.2. The smallest absolute Gasteiger partial charge is 0.261 e. The molecule has 2 N–H and O–H groups in total. The SMILES string of the molecule is CN(C(=O)c1cc2c([nH]c1=O)CCCC2)C1CC2CCC(C1)N2. The van der Waals surface area contributed by atoms with Gasteiger partial charge < -0.3 is 15.2 Å². The summed E-state index contributed by atoms with van der Waals surface area (Å²) in [5.41, 5.74) is 2.27. The average Bonchev–Trinajstić information content (AvgIpc) is 2.91. The molecule has 2 aliphatic heterocycles. The van der Waals surface area contributed by atoms with Crippen LogP contribution in [0.5, 0.6) is 0 Å². The molecule has 1 aromatic heterocycles. The van der Waals surface area contributed by atoms with E-state index in [1.165, 1.54) is 12.8 Å². The van der Waals surface area contributed by atoms with E-state index in [0.29, 0.717) is 17.6 Å². The lowest BCUT2D eigenvalue weighted by atomic mass is 9.94. The fourth-order valence-electron chi connectivity index (χ4n) is 4.53. The molecule has 2 unspecified atom stereocenters. The highest BCUT2D eigenvalue weighted by Gasteiger charge is 2.37. The van der Waals surface area contributed by atoms with Crippen molar-refractivity contribution in [3.05, 3.63) is 33.2 Å². The minimum Gasteiger partial charge on any atom is -0.338 e. The zero-order chi connectivity index (χ0) is 16.0. The van der Waals surface area contributed by atoms with Crippen molar-refractivity contribution in [2.75, 3.05) is 7.05 Å². The summed E-state index contributed by atoms with van der Waals surface area (Å²) in [5, 5.41) is 3.60. The molecule has 1 amide bonds. The van der Waals surface area contributed by atoms with Crippen LogP contribution in [-0.4, -0.2) is 41.0 Å². The third-order valence-corrected chi connectivity index (χ3v) is 5.88. The van der Waals surface area contributed by atoms with Crippen LogP contribution in [0.1, 0.15) is 60.1 Å². The number of aromatic nitrogens is 1. The van der Waals surface area contributed by atoms with Crippen molar-refractivity contribution in [3.8, 4) is 0 Å². The maximum Gasteiger partial charge on any atom is 0.261 e. The summed E-state index contributed by atoms with van der Waals surface area (Å²) in [4.78, 5) is 30.0. The van der Waals surface area contributed by atoms with Crippen molar-refractivity contribution < 1.29 is 4.79 Å². The van der Waals surface area contributed by atoms with Crippen LogP contribution in [0.3, 0.4) is 0 Å². The van der Waals surface area contributed by atoms with Gasteiger partial charge in [0, 0.05) is 30.9 Å². The Hall–Kier alpha value is -1.62. The number of aryl methyl sites for hydroxylation is 2. The van der Waals surface area contributed by atoms with Gasteiger partial charge in [-0.05, 0) is 63.0 Å². The Morgan fingerprint density at radius 3 is 2.61 bits per heavy atom. The number of hydrogen-bond acceptors (Lipinski definition) is 3. The first-order chi connectivity index (χ1) is 11.1. The Kier molecular flexibility index (Phi) is 3.76. The summed E-state index contributed by atoms with van der Waals surface area (Å²) in [6.45, 7) is 0. The van der Waals surface area contributed by atoms with E-state index in [0.717, 1.165) is 49.8 Å². The van der Waals surface area contributed by atoms with Gasteiger partial charge >= 0.3 is 0 Å². The van der Waals surface area contributed by atoms with Crippen molar-refractivity contribution in [2.45, 2.75) is 69.5 Å². The van der Waals surface area contributed by atoms with Crippen molar-refractivity contribution in [2.24, 2.45) is 0 Å². The number of hydrogen-bond donors (Lipinski definition) is 2. The van der Waals surface area contributed by atoms with Crippen molar-refractivity contribution in [1.82, 2.24) is 15.2 Å². The highest BCUT2D eigenvalue weighted by Crippen LogP contribution is 2.29. The van der Waals surface area contributed by atoms with Gasteiger partial charge in [-0.1, -0.05) is 0 Å². The summed E-state index contributed by atoms with van der Waals surface area (Å²) in [6, 6.07) is 3.17. The number of H-pyrrole nitrogens is 1. The summed E-state index contributed by atoms with van der Waals surface area (Å²) in [6.07, 6.45) is 8.57. The fraction of sp³-hybridized carbons (Fsp3) is 0.667. The molecule has 4 rings (SSSR count). The highest BCUT2D eigenvalue weighted by molar-refractivity contribution is 5.94. The molecule has 124 valence electrons. The van der Waals surface area contributed by atoms with Crippen molar-refractivity contribution in [1.29, 1.82) is 0 Å². The zero-order valence-corrected chi connectivity index (χ0v) is 13.7. The number of carbonyl (C=O) groups excluding carboxylic acids is 1. The molecule has 1 aromatic rings. The highest BCUT2D eigenvalue weighted by atomic mass is 16.2. The Bertz CT molecular complexity index is 669. The van der Waals surface area contributed by atoms with E-state index in [1.54, 1.807) is 0 Å². The second-order valence-electron chi connectivity index (χ2n) is 7.40. The van der Waals surface area contributed by atoms with E-state index in [1.807, 2.05) is 18.0 Å². The van der Waals surface area contributed by atoms with Gasteiger partial charge in [-0.25, -0.2) is 0 Å². The Balaban J connectivity index is 1.57. The van der Waals surface area contributed by atoms with Gasteiger partial charge in [-0.3, -0.25) is 9.59 Å². The van der Waals surface area contributed by atoms with Crippen LogP contribution in [0.25, 0.3) is 0 Å². The number of rotatable bonds is 2. The van der Waals surface area contributed by atoms with Gasteiger partial charge in [0.2, 0.25) is 0 Å². The molecular weight excluding hydrogens is 290 g/mol. The second-order valence-corrected chi connectivity index (χ2v) is 7.40. The van der Waals surface area contributed by atoms with E-state index in [2.05, 4.69) is 10.3 Å². The van der Waals surface area contributed by atoms with Crippen LogP contribution in [0.4, 0.5) is 0 Å². The van der Waals surface area contributed by atoms with Crippen LogP contribution in [0, 0.1) is 0 Å². The van der Waals surface area contributed by atoms with E-state index < -0.39 is 0 Å². The molecule has 0 saturated carbocycles. The summed E-state index contributed by atoms with van der Waals surface area (Å²) in [5.74, 6) is -0.120. The van der Waals surface area contributed by atoms with Gasteiger partial charge in [-0.2, -0.15) is 0 Å². The van der Waals surface area contributed by atoms with Crippen LogP contribution < -0.4 is 10.9 Å². The standard InChI is InChI=1S/C18H25N3O2/c1-21(14-9-12-6-7-13(10-14)19-12)18(23)15-8-11-4-2-3-5-16(11)20-17(15)22/h8,12-14,19H,2-7,9-10H2,1H3,(H,20,22). The molecule has 2 atom stereocenters. The van der Waals surface area contributed by atoms with E-state index >= 15 is 0 Å².